The minimum atomic E-state index is 0.250. The number of piperidine rings is 1. The van der Waals surface area contributed by atoms with Crippen LogP contribution in [0.1, 0.15) is 77.3 Å². The fourth-order valence-corrected chi connectivity index (χ4v) is 4.61. The molecule has 1 aliphatic heterocycles. The average Bonchev–Trinajstić information content (AvgIpc) is 2.77. The van der Waals surface area contributed by atoms with E-state index in [9.17, 15) is 0 Å². The molecule has 0 amide bonds. The van der Waals surface area contributed by atoms with Crippen molar-refractivity contribution in [2.45, 2.75) is 66.2 Å². The van der Waals surface area contributed by atoms with Crippen molar-refractivity contribution < 1.29 is 0 Å². The molecular weight excluding hydrogens is 364 g/mol. The molecule has 3 rings (SSSR count). The van der Waals surface area contributed by atoms with Crippen molar-refractivity contribution in [2.24, 2.45) is 5.41 Å². The molecule has 0 aromatic heterocycles. The van der Waals surface area contributed by atoms with E-state index in [2.05, 4.69) is 81.0 Å². The number of hydrogen-bond acceptors (Lipinski definition) is 2. The van der Waals surface area contributed by atoms with Gasteiger partial charge in [-0.1, -0.05) is 64.6 Å². The van der Waals surface area contributed by atoms with Gasteiger partial charge in [0.1, 0.15) is 0 Å². The number of rotatable bonds is 7. The van der Waals surface area contributed by atoms with Crippen LogP contribution in [-0.2, 0) is 0 Å². The third-order valence-electron chi connectivity index (χ3n) is 6.49. The standard InChI is InChI=1S/C28H40N2/c1-7-18-30(26-15-13-25(14-16-26)28(4,5)6)27-17-12-24(21-23(27)8-2)22(3)29-19-10-9-11-20-29/h8,12-13,15,17,21H,2-3,7,9-11,14,16,18-20H2,1,4-6H3. The highest BCUT2D eigenvalue weighted by Gasteiger charge is 2.22. The van der Waals surface area contributed by atoms with Crippen molar-refractivity contribution in [2.75, 3.05) is 24.5 Å². The summed E-state index contributed by atoms with van der Waals surface area (Å²) in [5, 5.41) is 0. The molecule has 162 valence electrons. The second-order valence-electron chi connectivity index (χ2n) is 9.72. The average molecular weight is 405 g/mol. The first kappa shape index (κ1) is 22.5. The summed E-state index contributed by atoms with van der Waals surface area (Å²) < 4.78 is 0. The number of allylic oxidation sites excluding steroid dienone is 4. The van der Waals surface area contributed by atoms with Crippen LogP contribution in [0.3, 0.4) is 0 Å². The highest BCUT2D eigenvalue weighted by Crippen LogP contribution is 2.37. The number of hydrogen-bond donors (Lipinski definition) is 0. The fraction of sp³-hybridized carbons (Fsp3) is 0.500. The van der Waals surface area contributed by atoms with Gasteiger partial charge in [0.2, 0.25) is 0 Å². The number of nitrogens with zero attached hydrogens (tertiary/aromatic N) is 2. The van der Waals surface area contributed by atoms with Crippen LogP contribution < -0.4 is 4.90 Å². The highest BCUT2D eigenvalue weighted by molar-refractivity contribution is 5.75. The van der Waals surface area contributed by atoms with Gasteiger partial charge >= 0.3 is 0 Å². The van der Waals surface area contributed by atoms with E-state index in [1.165, 1.54) is 41.8 Å². The van der Waals surface area contributed by atoms with E-state index in [0.717, 1.165) is 44.6 Å². The normalized spacial score (nSPS) is 17.3. The lowest BCUT2D eigenvalue weighted by Gasteiger charge is -2.34. The summed E-state index contributed by atoms with van der Waals surface area (Å²) in [5.41, 5.74) is 8.04. The lowest BCUT2D eigenvalue weighted by molar-refractivity contribution is 0.326. The first-order chi connectivity index (χ1) is 14.3. The maximum atomic E-state index is 4.41. The van der Waals surface area contributed by atoms with Gasteiger partial charge in [0.15, 0.2) is 0 Å². The summed E-state index contributed by atoms with van der Waals surface area (Å²) >= 11 is 0. The van der Waals surface area contributed by atoms with Crippen molar-refractivity contribution in [3.63, 3.8) is 0 Å². The van der Waals surface area contributed by atoms with Crippen molar-refractivity contribution >= 4 is 17.5 Å². The van der Waals surface area contributed by atoms with Crippen LogP contribution in [-0.4, -0.2) is 24.5 Å². The predicted octanol–water partition coefficient (Wildman–Crippen LogP) is 7.65. The van der Waals surface area contributed by atoms with Gasteiger partial charge in [-0.05, 0) is 73.3 Å². The molecule has 1 saturated heterocycles. The zero-order valence-electron chi connectivity index (χ0n) is 19.6. The summed E-state index contributed by atoms with van der Waals surface area (Å²) in [6.45, 7) is 21.0. The summed E-state index contributed by atoms with van der Waals surface area (Å²) in [7, 11) is 0. The third-order valence-corrected chi connectivity index (χ3v) is 6.49. The molecule has 0 saturated carbocycles. The van der Waals surface area contributed by atoms with E-state index in [-0.39, 0.29) is 5.41 Å². The minimum Gasteiger partial charge on any atom is -0.372 e. The highest BCUT2D eigenvalue weighted by atomic mass is 15.1. The molecule has 0 spiro atoms. The topological polar surface area (TPSA) is 6.48 Å². The van der Waals surface area contributed by atoms with Gasteiger partial charge in [0, 0.05) is 36.7 Å². The van der Waals surface area contributed by atoms with Crippen LogP contribution in [0.5, 0.6) is 0 Å². The molecule has 1 aliphatic carbocycles. The van der Waals surface area contributed by atoms with Gasteiger partial charge in [-0.3, -0.25) is 0 Å². The molecular formula is C28H40N2. The van der Waals surface area contributed by atoms with E-state index in [1.54, 1.807) is 5.57 Å². The van der Waals surface area contributed by atoms with Crippen LogP contribution in [0.15, 0.2) is 54.8 Å². The summed E-state index contributed by atoms with van der Waals surface area (Å²) in [6.07, 6.45) is 13.9. The van der Waals surface area contributed by atoms with Gasteiger partial charge in [-0.25, -0.2) is 0 Å². The molecule has 0 bridgehead atoms. The van der Waals surface area contributed by atoms with Gasteiger partial charge < -0.3 is 9.80 Å². The summed E-state index contributed by atoms with van der Waals surface area (Å²) in [5.74, 6) is 0. The monoisotopic (exact) mass is 404 g/mol. The molecule has 1 aromatic carbocycles. The van der Waals surface area contributed by atoms with Crippen molar-refractivity contribution in [1.29, 1.82) is 0 Å². The SMILES string of the molecule is C=Cc1cc(C(=C)N2CCCCC2)ccc1N(CCC)C1=CC=C(C(C)(C)C)CC1. The maximum Gasteiger partial charge on any atom is 0.0482 e. The largest absolute Gasteiger partial charge is 0.372 e. The van der Waals surface area contributed by atoms with Crippen LogP contribution in [0, 0.1) is 5.41 Å². The van der Waals surface area contributed by atoms with Crippen LogP contribution >= 0.6 is 0 Å². The molecule has 1 heterocycles. The van der Waals surface area contributed by atoms with E-state index in [4.69, 9.17) is 0 Å². The Morgan fingerprint density at radius 1 is 1.10 bits per heavy atom. The number of benzene rings is 1. The Hall–Kier alpha value is -2.22. The molecule has 0 N–H and O–H groups in total. The molecule has 1 aromatic rings. The quantitative estimate of drug-likeness (QED) is 0.460. The predicted molar refractivity (Wildman–Crippen MR) is 133 cm³/mol. The Morgan fingerprint density at radius 2 is 1.83 bits per heavy atom. The van der Waals surface area contributed by atoms with Crippen molar-refractivity contribution in [1.82, 2.24) is 4.90 Å². The Kier molecular flexibility index (Phi) is 7.28. The van der Waals surface area contributed by atoms with Gasteiger partial charge in [-0.2, -0.15) is 0 Å². The van der Waals surface area contributed by atoms with E-state index >= 15 is 0 Å². The van der Waals surface area contributed by atoms with Crippen molar-refractivity contribution in [3.05, 3.63) is 65.9 Å². The molecule has 1 fully saturated rings. The molecule has 30 heavy (non-hydrogen) atoms. The molecule has 0 atom stereocenters. The van der Waals surface area contributed by atoms with Crippen molar-refractivity contribution in [3.8, 4) is 0 Å². The molecule has 2 nitrogen and oxygen atoms in total. The zero-order valence-corrected chi connectivity index (χ0v) is 19.6. The fourth-order valence-electron chi connectivity index (χ4n) is 4.61. The Balaban J connectivity index is 1.90. The van der Waals surface area contributed by atoms with E-state index < -0.39 is 0 Å². The molecule has 2 aliphatic rings. The zero-order chi connectivity index (χ0) is 21.7. The lowest BCUT2D eigenvalue weighted by atomic mass is 9.81. The second kappa shape index (κ2) is 9.73. The van der Waals surface area contributed by atoms with Gasteiger partial charge in [0.25, 0.3) is 0 Å². The smallest absolute Gasteiger partial charge is 0.0482 e. The Bertz CT molecular complexity index is 829. The molecule has 2 heteroatoms. The summed E-state index contributed by atoms with van der Waals surface area (Å²) in [6, 6.07) is 6.81. The molecule has 0 unspecified atom stereocenters. The van der Waals surface area contributed by atoms with Crippen LogP contribution in [0.2, 0.25) is 0 Å². The second-order valence-corrected chi connectivity index (χ2v) is 9.72. The Morgan fingerprint density at radius 3 is 2.40 bits per heavy atom. The van der Waals surface area contributed by atoms with Crippen LogP contribution in [0.4, 0.5) is 5.69 Å². The van der Waals surface area contributed by atoms with E-state index in [1.807, 2.05) is 6.08 Å². The Labute approximate surface area is 184 Å². The van der Waals surface area contributed by atoms with E-state index in [0.29, 0.717) is 0 Å². The number of anilines is 1. The lowest BCUT2D eigenvalue weighted by Crippen LogP contribution is -2.28. The third kappa shape index (κ3) is 5.09. The maximum absolute atomic E-state index is 4.41. The van der Waals surface area contributed by atoms with Gasteiger partial charge in [-0.15, -0.1) is 0 Å². The minimum absolute atomic E-state index is 0.250. The first-order valence-electron chi connectivity index (χ1n) is 11.7. The molecule has 0 radical (unpaired) electrons. The number of likely N-dealkylation sites (tertiary alicyclic amines) is 1. The first-order valence-corrected chi connectivity index (χ1v) is 11.7. The van der Waals surface area contributed by atoms with Crippen LogP contribution in [0.25, 0.3) is 11.8 Å². The summed E-state index contributed by atoms with van der Waals surface area (Å²) in [4.78, 5) is 4.94. The van der Waals surface area contributed by atoms with Gasteiger partial charge in [0.05, 0.1) is 0 Å².